The smallest absolute Gasteiger partial charge is 0.338 e. The van der Waals surface area contributed by atoms with E-state index in [1.165, 1.54) is 37.5 Å². The van der Waals surface area contributed by atoms with Crippen LogP contribution in [-0.2, 0) is 26.7 Å². The Kier molecular flexibility index (Phi) is 7.19. The van der Waals surface area contributed by atoms with Crippen molar-refractivity contribution >= 4 is 21.8 Å². The first kappa shape index (κ1) is 24.4. The number of Topliss-reactive ketones (excluding diaryl/α,β-unsaturated/α-hetero) is 1. The summed E-state index contributed by atoms with van der Waals surface area (Å²) in [6.45, 7) is 7.77. The molecule has 1 heterocycles. The molecule has 33 heavy (non-hydrogen) atoms. The first-order valence-electron chi connectivity index (χ1n) is 10.5. The number of furan rings is 1. The summed E-state index contributed by atoms with van der Waals surface area (Å²) >= 11 is 0. The Balaban J connectivity index is 1.62. The summed E-state index contributed by atoms with van der Waals surface area (Å²) in [6, 6.07) is 15.8. The van der Waals surface area contributed by atoms with E-state index in [0.29, 0.717) is 11.3 Å². The maximum atomic E-state index is 12.7. The van der Waals surface area contributed by atoms with Crippen LogP contribution in [0.3, 0.4) is 0 Å². The minimum absolute atomic E-state index is 0.00586. The zero-order valence-electron chi connectivity index (χ0n) is 19.0. The van der Waals surface area contributed by atoms with E-state index in [-0.39, 0.29) is 28.2 Å². The Hall–Kier alpha value is -3.23. The number of carbonyl (C=O) groups is 2. The van der Waals surface area contributed by atoms with Gasteiger partial charge in [-0.2, -0.15) is 0 Å². The van der Waals surface area contributed by atoms with Gasteiger partial charge >= 0.3 is 5.97 Å². The van der Waals surface area contributed by atoms with Crippen LogP contribution in [0.2, 0.25) is 0 Å². The average Bonchev–Trinajstić information content (AvgIpc) is 3.30. The molecule has 174 valence electrons. The van der Waals surface area contributed by atoms with E-state index >= 15 is 0 Å². The van der Waals surface area contributed by atoms with Gasteiger partial charge in [-0.15, -0.1) is 0 Å². The zero-order valence-corrected chi connectivity index (χ0v) is 19.8. The molecule has 7 nitrogen and oxygen atoms in total. The first-order chi connectivity index (χ1) is 15.5. The SMILES string of the molecule is C[C@H](OC(=O)c1ccc(S(=O)(=O)NCc2ccco2)cc1)C(=O)c1ccc(C(C)(C)C)cc1. The minimum atomic E-state index is -3.78. The van der Waals surface area contributed by atoms with Crippen molar-refractivity contribution in [3.63, 3.8) is 0 Å². The molecule has 1 aromatic heterocycles. The van der Waals surface area contributed by atoms with Gasteiger partial charge in [0.05, 0.1) is 23.3 Å². The lowest BCUT2D eigenvalue weighted by Crippen LogP contribution is -2.25. The monoisotopic (exact) mass is 469 g/mol. The van der Waals surface area contributed by atoms with Crippen molar-refractivity contribution in [3.8, 4) is 0 Å². The van der Waals surface area contributed by atoms with Gasteiger partial charge in [0.1, 0.15) is 5.76 Å². The molecule has 8 heteroatoms. The molecule has 0 aliphatic rings. The molecule has 0 aliphatic carbocycles. The molecule has 0 unspecified atom stereocenters. The molecular formula is C25H27NO6S. The normalized spacial score (nSPS) is 12.8. The first-order valence-corrected chi connectivity index (χ1v) is 11.9. The second kappa shape index (κ2) is 9.72. The summed E-state index contributed by atoms with van der Waals surface area (Å²) < 4.78 is 37.6. The van der Waals surface area contributed by atoms with Crippen LogP contribution in [0.15, 0.2) is 76.2 Å². The summed E-state index contributed by atoms with van der Waals surface area (Å²) in [6.07, 6.45) is 0.466. The highest BCUT2D eigenvalue weighted by Gasteiger charge is 2.22. The molecule has 3 rings (SSSR count). The maximum absolute atomic E-state index is 12.7. The second-order valence-corrected chi connectivity index (χ2v) is 10.4. The van der Waals surface area contributed by atoms with Crippen molar-refractivity contribution in [2.75, 3.05) is 0 Å². The molecule has 2 aromatic carbocycles. The van der Waals surface area contributed by atoms with Gasteiger partial charge in [-0.1, -0.05) is 45.0 Å². The fraction of sp³-hybridized carbons (Fsp3) is 0.280. The molecule has 0 fully saturated rings. The summed E-state index contributed by atoms with van der Waals surface area (Å²) in [7, 11) is -3.78. The number of nitrogens with one attached hydrogen (secondary N) is 1. The zero-order chi connectivity index (χ0) is 24.2. The number of sulfonamides is 1. The van der Waals surface area contributed by atoms with Crippen LogP contribution in [0, 0.1) is 0 Å². The Bertz CT molecular complexity index is 1210. The molecule has 1 atom stereocenters. The minimum Gasteiger partial charge on any atom is -0.468 e. The van der Waals surface area contributed by atoms with Crippen molar-refractivity contribution in [1.82, 2.24) is 4.72 Å². The fourth-order valence-corrected chi connectivity index (χ4v) is 4.08. The van der Waals surface area contributed by atoms with Crippen LogP contribution < -0.4 is 4.72 Å². The number of hydrogen-bond acceptors (Lipinski definition) is 6. The number of esters is 1. The largest absolute Gasteiger partial charge is 0.468 e. The molecule has 1 N–H and O–H groups in total. The molecule has 0 saturated heterocycles. The molecule has 0 aliphatic heterocycles. The highest BCUT2D eigenvalue weighted by Crippen LogP contribution is 2.23. The van der Waals surface area contributed by atoms with E-state index < -0.39 is 22.1 Å². The van der Waals surface area contributed by atoms with Crippen molar-refractivity contribution < 1.29 is 27.2 Å². The molecule has 3 aromatic rings. The van der Waals surface area contributed by atoms with Gasteiger partial charge in [0.25, 0.3) is 0 Å². The fourth-order valence-electron chi connectivity index (χ4n) is 3.08. The third kappa shape index (κ3) is 6.18. The maximum Gasteiger partial charge on any atom is 0.338 e. The molecular weight excluding hydrogens is 442 g/mol. The van der Waals surface area contributed by atoms with Crippen LogP contribution in [-0.4, -0.2) is 26.3 Å². The number of ether oxygens (including phenoxy) is 1. The Morgan fingerprint density at radius 3 is 2.12 bits per heavy atom. The standard InChI is InChI=1S/C25H27NO6S/c1-17(23(27)18-7-11-20(12-8-18)25(2,3)4)32-24(28)19-9-13-22(14-10-19)33(29,30)26-16-21-6-5-15-31-21/h5-15,17,26H,16H2,1-4H3/t17-/m0/s1. The van der Waals surface area contributed by atoms with Gasteiger partial charge in [-0.25, -0.2) is 17.9 Å². The number of benzene rings is 2. The Morgan fingerprint density at radius 1 is 0.970 bits per heavy atom. The summed E-state index contributed by atoms with van der Waals surface area (Å²) in [5.74, 6) is -0.551. The second-order valence-electron chi connectivity index (χ2n) is 8.67. The number of carbonyl (C=O) groups excluding carboxylic acids is 2. The van der Waals surface area contributed by atoms with Crippen molar-refractivity contribution in [1.29, 1.82) is 0 Å². The molecule has 0 saturated carbocycles. The molecule has 0 spiro atoms. The molecule has 0 amide bonds. The summed E-state index contributed by atoms with van der Waals surface area (Å²) in [5.41, 5.74) is 1.65. The third-order valence-electron chi connectivity index (χ3n) is 5.11. The predicted octanol–water partition coefficient (Wildman–Crippen LogP) is 4.48. The quantitative estimate of drug-likeness (QED) is 0.385. The van der Waals surface area contributed by atoms with Gasteiger partial charge in [0, 0.05) is 5.56 Å². The van der Waals surface area contributed by atoms with Gasteiger partial charge in [0.15, 0.2) is 6.10 Å². The summed E-state index contributed by atoms with van der Waals surface area (Å²) in [5, 5.41) is 0. The average molecular weight is 470 g/mol. The van der Waals surface area contributed by atoms with E-state index in [1.54, 1.807) is 24.3 Å². The lowest BCUT2D eigenvalue weighted by Gasteiger charge is -2.19. The van der Waals surface area contributed by atoms with E-state index in [1.807, 2.05) is 12.1 Å². The van der Waals surface area contributed by atoms with Crippen LogP contribution >= 0.6 is 0 Å². The Morgan fingerprint density at radius 2 is 1.58 bits per heavy atom. The lowest BCUT2D eigenvalue weighted by molar-refractivity contribution is 0.0318. The number of hydrogen-bond donors (Lipinski definition) is 1. The highest BCUT2D eigenvalue weighted by atomic mass is 32.2. The Labute approximate surface area is 193 Å². The molecule has 0 radical (unpaired) electrons. The van der Waals surface area contributed by atoms with Gasteiger partial charge in [-0.05, 0) is 54.3 Å². The van der Waals surface area contributed by atoms with Crippen LogP contribution in [0.5, 0.6) is 0 Å². The van der Waals surface area contributed by atoms with E-state index in [9.17, 15) is 18.0 Å². The van der Waals surface area contributed by atoms with Gasteiger partial charge in [-0.3, -0.25) is 4.79 Å². The van der Waals surface area contributed by atoms with Crippen molar-refractivity contribution in [3.05, 3.63) is 89.4 Å². The van der Waals surface area contributed by atoms with Crippen molar-refractivity contribution in [2.24, 2.45) is 0 Å². The van der Waals surface area contributed by atoms with Crippen LogP contribution in [0.4, 0.5) is 0 Å². The number of rotatable bonds is 8. The van der Waals surface area contributed by atoms with E-state index in [2.05, 4.69) is 25.5 Å². The third-order valence-corrected chi connectivity index (χ3v) is 6.52. The van der Waals surface area contributed by atoms with Crippen LogP contribution in [0.1, 0.15) is 59.7 Å². The molecule has 0 bridgehead atoms. The van der Waals surface area contributed by atoms with Gasteiger partial charge < -0.3 is 9.15 Å². The number of ketones is 1. The predicted molar refractivity (Wildman–Crippen MR) is 124 cm³/mol. The van der Waals surface area contributed by atoms with Crippen LogP contribution in [0.25, 0.3) is 0 Å². The van der Waals surface area contributed by atoms with E-state index in [0.717, 1.165) is 5.56 Å². The van der Waals surface area contributed by atoms with Crippen molar-refractivity contribution in [2.45, 2.75) is 50.7 Å². The van der Waals surface area contributed by atoms with Gasteiger partial charge in [0.2, 0.25) is 15.8 Å². The highest BCUT2D eigenvalue weighted by molar-refractivity contribution is 7.89. The topological polar surface area (TPSA) is 103 Å². The summed E-state index contributed by atoms with van der Waals surface area (Å²) in [4.78, 5) is 25.1. The lowest BCUT2D eigenvalue weighted by atomic mass is 9.86. The van der Waals surface area contributed by atoms with E-state index in [4.69, 9.17) is 9.15 Å².